The third-order valence-corrected chi connectivity index (χ3v) is 4.53. The van der Waals surface area contributed by atoms with Crippen LogP contribution < -0.4 is 5.73 Å². The summed E-state index contributed by atoms with van der Waals surface area (Å²) in [5.41, 5.74) is 6.36. The summed E-state index contributed by atoms with van der Waals surface area (Å²) < 4.78 is 0. The third-order valence-electron chi connectivity index (χ3n) is 4.53. The number of hydrogen-bond donors (Lipinski definition) is 2. The zero-order chi connectivity index (χ0) is 11.1. The van der Waals surface area contributed by atoms with Gasteiger partial charge in [0.05, 0.1) is 6.10 Å². The molecule has 1 aliphatic rings. The number of aliphatic hydroxyl groups excluding tert-OH is 1. The van der Waals surface area contributed by atoms with E-state index in [9.17, 15) is 5.11 Å². The molecule has 14 heavy (non-hydrogen) atoms. The molecule has 0 aromatic heterocycles. The third kappa shape index (κ3) is 1.96. The molecule has 3 unspecified atom stereocenters. The summed E-state index contributed by atoms with van der Waals surface area (Å²) in [5.74, 6) is 0.549. The van der Waals surface area contributed by atoms with Crippen LogP contribution in [0.2, 0.25) is 0 Å². The van der Waals surface area contributed by atoms with Crippen LogP contribution >= 0.6 is 0 Å². The Bertz CT molecular complexity index is 195. The van der Waals surface area contributed by atoms with Crippen LogP contribution in [0.1, 0.15) is 47.5 Å². The van der Waals surface area contributed by atoms with E-state index in [0.717, 1.165) is 12.8 Å². The van der Waals surface area contributed by atoms with Crippen molar-refractivity contribution in [2.24, 2.45) is 22.5 Å². The lowest BCUT2D eigenvalue weighted by atomic mass is 9.61. The first-order valence-electron chi connectivity index (χ1n) is 5.60. The van der Waals surface area contributed by atoms with Crippen LogP contribution in [0.25, 0.3) is 0 Å². The molecule has 0 spiro atoms. The van der Waals surface area contributed by atoms with Gasteiger partial charge in [0, 0.05) is 6.04 Å². The molecule has 0 bridgehead atoms. The summed E-state index contributed by atoms with van der Waals surface area (Å²) in [6.45, 7) is 11.4. The molecule has 0 radical (unpaired) electrons. The van der Waals surface area contributed by atoms with Crippen molar-refractivity contribution in [1.82, 2.24) is 0 Å². The summed E-state index contributed by atoms with van der Waals surface area (Å²) in [4.78, 5) is 0. The largest absolute Gasteiger partial charge is 0.392 e. The van der Waals surface area contributed by atoms with E-state index in [1.807, 2.05) is 0 Å². The second-order valence-electron chi connectivity index (χ2n) is 6.37. The molecular weight excluding hydrogens is 174 g/mol. The minimum Gasteiger partial charge on any atom is -0.392 e. The van der Waals surface area contributed by atoms with Gasteiger partial charge in [0.1, 0.15) is 0 Å². The second-order valence-corrected chi connectivity index (χ2v) is 6.37. The van der Waals surface area contributed by atoms with E-state index >= 15 is 0 Å². The van der Waals surface area contributed by atoms with E-state index in [4.69, 9.17) is 5.73 Å². The molecule has 0 aliphatic heterocycles. The first-order valence-corrected chi connectivity index (χ1v) is 5.60. The summed E-state index contributed by atoms with van der Waals surface area (Å²) in [6, 6.07) is -0.0124. The van der Waals surface area contributed by atoms with Gasteiger partial charge in [0.25, 0.3) is 0 Å². The molecule has 84 valence electrons. The molecule has 2 nitrogen and oxygen atoms in total. The number of nitrogens with two attached hydrogens (primary N) is 1. The first-order chi connectivity index (χ1) is 6.16. The van der Waals surface area contributed by atoms with Crippen molar-refractivity contribution in [3.63, 3.8) is 0 Å². The highest BCUT2D eigenvalue weighted by Gasteiger charge is 2.45. The Balaban J connectivity index is 2.76. The predicted octanol–water partition coefficient (Wildman–Crippen LogP) is 2.16. The molecule has 0 aromatic rings. The topological polar surface area (TPSA) is 46.2 Å². The summed E-state index contributed by atoms with van der Waals surface area (Å²) in [7, 11) is 0. The van der Waals surface area contributed by atoms with Crippen LogP contribution in [0, 0.1) is 16.7 Å². The molecule has 3 atom stereocenters. The zero-order valence-corrected chi connectivity index (χ0v) is 10.2. The molecule has 0 saturated heterocycles. The molecule has 1 rings (SSSR count). The summed E-state index contributed by atoms with van der Waals surface area (Å²) in [5, 5.41) is 9.67. The van der Waals surface area contributed by atoms with Gasteiger partial charge >= 0.3 is 0 Å². The van der Waals surface area contributed by atoms with Gasteiger partial charge < -0.3 is 10.8 Å². The first kappa shape index (κ1) is 12.0. The van der Waals surface area contributed by atoms with E-state index < -0.39 is 0 Å². The van der Waals surface area contributed by atoms with E-state index in [2.05, 4.69) is 34.6 Å². The number of hydrogen-bond acceptors (Lipinski definition) is 2. The Morgan fingerprint density at radius 3 is 1.86 bits per heavy atom. The van der Waals surface area contributed by atoms with Crippen molar-refractivity contribution < 1.29 is 5.11 Å². The van der Waals surface area contributed by atoms with Crippen LogP contribution in [0.15, 0.2) is 0 Å². The van der Waals surface area contributed by atoms with Crippen LogP contribution in [-0.2, 0) is 0 Å². The normalized spacial score (nSPS) is 34.9. The molecule has 1 saturated carbocycles. The molecule has 0 amide bonds. The van der Waals surface area contributed by atoms with Gasteiger partial charge in [-0.25, -0.2) is 0 Å². The van der Waals surface area contributed by atoms with Crippen LogP contribution in [0.4, 0.5) is 0 Å². The fourth-order valence-electron chi connectivity index (χ4n) is 2.25. The van der Waals surface area contributed by atoms with Gasteiger partial charge in [-0.1, -0.05) is 34.6 Å². The van der Waals surface area contributed by atoms with Gasteiger partial charge in [0.2, 0.25) is 0 Å². The molecule has 1 fully saturated rings. The van der Waals surface area contributed by atoms with Crippen molar-refractivity contribution in [2.75, 3.05) is 0 Å². The maximum absolute atomic E-state index is 9.67. The Labute approximate surface area is 87.9 Å². The highest BCUT2D eigenvalue weighted by molar-refractivity contribution is 4.97. The van der Waals surface area contributed by atoms with Crippen LogP contribution in [-0.4, -0.2) is 17.3 Å². The lowest BCUT2D eigenvalue weighted by Crippen LogP contribution is -2.36. The van der Waals surface area contributed by atoms with Crippen LogP contribution in [0.5, 0.6) is 0 Å². The van der Waals surface area contributed by atoms with E-state index in [-0.39, 0.29) is 23.0 Å². The SMILES string of the molecule is CC(C)(C)C(C)(C)C1CC(N)C(O)C1. The molecule has 3 N–H and O–H groups in total. The van der Waals surface area contributed by atoms with Crippen molar-refractivity contribution >= 4 is 0 Å². The lowest BCUT2D eigenvalue weighted by Gasteiger charge is -2.44. The smallest absolute Gasteiger partial charge is 0.0694 e. The Morgan fingerprint density at radius 1 is 1.07 bits per heavy atom. The van der Waals surface area contributed by atoms with Crippen molar-refractivity contribution in [1.29, 1.82) is 0 Å². The molecule has 1 aliphatic carbocycles. The lowest BCUT2D eigenvalue weighted by molar-refractivity contribution is 0.0486. The fourth-order valence-corrected chi connectivity index (χ4v) is 2.25. The summed E-state index contributed by atoms with van der Waals surface area (Å²) >= 11 is 0. The standard InChI is InChI=1S/C12H25NO/c1-11(2,3)12(4,5)8-6-9(13)10(14)7-8/h8-10,14H,6-7,13H2,1-5H3. The van der Waals surface area contributed by atoms with Gasteiger partial charge in [-0.3, -0.25) is 0 Å². The van der Waals surface area contributed by atoms with E-state index in [0.29, 0.717) is 5.92 Å². The van der Waals surface area contributed by atoms with Crippen molar-refractivity contribution in [2.45, 2.75) is 59.6 Å². The molecule has 0 heterocycles. The predicted molar refractivity (Wildman–Crippen MR) is 59.9 cm³/mol. The highest BCUT2D eigenvalue weighted by atomic mass is 16.3. The minimum absolute atomic E-state index is 0.0124. The fraction of sp³-hybridized carbons (Fsp3) is 1.00. The molecule has 0 aromatic carbocycles. The monoisotopic (exact) mass is 199 g/mol. The Hall–Kier alpha value is -0.0800. The van der Waals surface area contributed by atoms with Gasteiger partial charge in [-0.15, -0.1) is 0 Å². The maximum Gasteiger partial charge on any atom is 0.0694 e. The van der Waals surface area contributed by atoms with Gasteiger partial charge in [-0.2, -0.15) is 0 Å². The Morgan fingerprint density at radius 2 is 1.57 bits per heavy atom. The maximum atomic E-state index is 9.67. The Kier molecular flexibility index (Phi) is 2.99. The average molecular weight is 199 g/mol. The van der Waals surface area contributed by atoms with Gasteiger partial charge in [-0.05, 0) is 29.6 Å². The average Bonchev–Trinajstić information content (AvgIpc) is 2.30. The molecular formula is C12H25NO. The van der Waals surface area contributed by atoms with E-state index in [1.165, 1.54) is 0 Å². The van der Waals surface area contributed by atoms with Crippen molar-refractivity contribution in [3.05, 3.63) is 0 Å². The van der Waals surface area contributed by atoms with E-state index in [1.54, 1.807) is 0 Å². The number of aliphatic hydroxyl groups is 1. The minimum atomic E-state index is -0.290. The highest BCUT2D eigenvalue weighted by Crippen LogP contribution is 2.49. The summed E-state index contributed by atoms with van der Waals surface area (Å²) in [6.07, 6.45) is 1.54. The number of rotatable bonds is 1. The van der Waals surface area contributed by atoms with Crippen LogP contribution in [0.3, 0.4) is 0 Å². The van der Waals surface area contributed by atoms with Gasteiger partial charge in [0.15, 0.2) is 0 Å². The zero-order valence-electron chi connectivity index (χ0n) is 10.2. The second kappa shape index (κ2) is 3.49. The van der Waals surface area contributed by atoms with Crippen molar-refractivity contribution in [3.8, 4) is 0 Å². The quantitative estimate of drug-likeness (QED) is 0.680. The molecule has 2 heteroatoms.